The van der Waals surface area contributed by atoms with Crippen molar-refractivity contribution in [3.05, 3.63) is 29.8 Å². The number of sulfone groups is 1. The molecule has 0 fully saturated rings. The first-order chi connectivity index (χ1) is 9.93. The van der Waals surface area contributed by atoms with Crippen molar-refractivity contribution in [1.29, 1.82) is 0 Å². The summed E-state index contributed by atoms with van der Waals surface area (Å²) in [7, 11) is -0.744. The molecule has 21 heavy (non-hydrogen) atoms. The fraction of sp³-hybridized carbons (Fsp3) is 0.500. The van der Waals surface area contributed by atoms with E-state index in [0.717, 1.165) is 12.7 Å². The van der Waals surface area contributed by atoms with Gasteiger partial charge in [-0.3, -0.25) is 4.79 Å². The predicted molar refractivity (Wildman–Crippen MR) is 80.1 cm³/mol. The van der Waals surface area contributed by atoms with Gasteiger partial charge in [-0.25, -0.2) is 8.42 Å². The maximum absolute atomic E-state index is 12.0. The number of hydrogen-bond donors (Lipinski definition) is 1. The van der Waals surface area contributed by atoms with Crippen LogP contribution < -0.4 is 10.1 Å². The lowest BCUT2D eigenvalue weighted by atomic mass is 10.1. The zero-order valence-electron chi connectivity index (χ0n) is 12.5. The lowest BCUT2D eigenvalue weighted by Gasteiger charge is -2.19. The molecule has 1 aromatic carbocycles. The molecule has 0 amide bonds. The predicted octanol–water partition coefficient (Wildman–Crippen LogP) is 0.934. The molecule has 7 heteroatoms. The van der Waals surface area contributed by atoms with E-state index in [9.17, 15) is 13.2 Å². The van der Waals surface area contributed by atoms with Gasteiger partial charge in [-0.15, -0.1) is 0 Å². The number of ether oxygens (including phenoxy) is 2. The minimum absolute atomic E-state index is 0.206. The number of methoxy groups -OCH3 is 1. The molecule has 0 aliphatic heterocycles. The van der Waals surface area contributed by atoms with E-state index in [1.165, 1.54) is 0 Å². The van der Waals surface area contributed by atoms with E-state index >= 15 is 0 Å². The summed E-state index contributed by atoms with van der Waals surface area (Å²) in [6.07, 6.45) is 0. The van der Waals surface area contributed by atoms with Gasteiger partial charge in [-0.05, 0) is 20.0 Å². The summed E-state index contributed by atoms with van der Waals surface area (Å²) in [5.41, 5.74) is 0.746. The highest BCUT2D eigenvalue weighted by Crippen LogP contribution is 2.26. The van der Waals surface area contributed by atoms with Crippen molar-refractivity contribution >= 4 is 15.8 Å². The van der Waals surface area contributed by atoms with E-state index in [4.69, 9.17) is 4.74 Å². The van der Waals surface area contributed by atoms with Crippen molar-refractivity contribution in [3.63, 3.8) is 0 Å². The molecule has 0 saturated carbocycles. The van der Waals surface area contributed by atoms with Gasteiger partial charge >= 0.3 is 5.97 Å². The minimum Gasteiger partial charge on any atom is -0.494 e. The van der Waals surface area contributed by atoms with E-state index in [-0.39, 0.29) is 5.75 Å². The molecule has 0 bridgehead atoms. The molecule has 0 radical (unpaired) electrons. The molecular weight excluding hydrogens is 294 g/mol. The third-order valence-electron chi connectivity index (χ3n) is 2.93. The summed E-state index contributed by atoms with van der Waals surface area (Å²) in [5.74, 6) is -0.961. The van der Waals surface area contributed by atoms with Crippen LogP contribution in [0, 0.1) is 0 Å². The Morgan fingerprint density at radius 2 is 2.00 bits per heavy atom. The maximum Gasteiger partial charge on any atom is 0.320 e. The van der Waals surface area contributed by atoms with Gasteiger partial charge in [0.1, 0.15) is 11.5 Å². The van der Waals surface area contributed by atoms with Gasteiger partial charge in [0.05, 0.1) is 19.5 Å². The zero-order valence-corrected chi connectivity index (χ0v) is 13.3. The smallest absolute Gasteiger partial charge is 0.320 e. The standard InChI is InChI=1S/C14H21NO5S/c1-4-20-13-8-6-5-7-11(13)12(15-2)9-21(17,18)10-14(16)19-3/h5-8,12,15H,4,9-10H2,1-3H3. The van der Waals surface area contributed by atoms with Crippen molar-refractivity contribution in [1.82, 2.24) is 5.32 Å². The number of para-hydroxylation sites is 1. The first-order valence-electron chi connectivity index (χ1n) is 6.59. The summed E-state index contributed by atoms with van der Waals surface area (Å²) in [5, 5.41) is 2.95. The lowest BCUT2D eigenvalue weighted by molar-refractivity contribution is -0.137. The fourth-order valence-electron chi connectivity index (χ4n) is 1.94. The molecule has 0 saturated heterocycles. The van der Waals surface area contributed by atoms with E-state index in [0.29, 0.717) is 12.4 Å². The molecule has 0 spiro atoms. The van der Waals surface area contributed by atoms with Crippen LogP contribution in [0.1, 0.15) is 18.5 Å². The van der Waals surface area contributed by atoms with Crippen molar-refractivity contribution in [2.45, 2.75) is 13.0 Å². The molecule has 0 aromatic heterocycles. The van der Waals surface area contributed by atoms with Crippen LogP contribution in [0.2, 0.25) is 0 Å². The largest absolute Gasteiger partial charge is 0.494 e. The maximum atomic E-state index is 12.0. The lowest BCUT2D eigenvalue weighted by Crippen LogP contribution is -2.29. The van der Waals surface area contributed by atoms with Crippen molar-refractivity contribution in [2.24, 2.45) is 0 Å². The topological polar surface area (TPSA) is 81.7 Å². The Labute approximate surface area is 125 Å². The van der Waals surface area contributed by atoms with E-state index in [2.05, 4.69) is 10.1 Å². The van der Waals surface area contributed by atoms with Gasteiger partial charge in [0.25, 0.3) is 0 Å². The summed E-state index contributed by atoms with van der Waals surface area (Å²) in [6.45, 7) is 2.35. The van der Waals surface area contributed by atoms with Crippen LogP contribution >= 0.6 is 0 Å². The monoisotopic (exact) mass is 315 g/mol. The average Bonchev–Trinajstić information content (AvgIpc) is 2.45. The van der Waals surface area contributed by atoms with Crippen LogP contribution in [0.4, 0.5) is 0 Å². The average molecular weight is 315 g/mol. The van der Waals surface area contributed by atoms with Gasteiger partial charge in [-0.1, -0.05) is 18.2 Å². The van der Waals surface area contributed by atoms with E-state index in [1.807, 2.05) is 19.1 Å². The number of nitrogens with one attached hydrogen (secondary N) is 1. The number of carbonyl (C=O) groups is 1. The molecular formula is C14H21NO5S. The Morgan fingerprint density at radius 3 is 2.57 bits per heavy atom. The number of benzene rings is 1. The second kappa shape index (κ2) is 7.99. The SMILES string of the molecule is CCOc1ccccc1C(CS(=O)(=O)CC(=O)OC)NC. The fourth-order valence-corrected chi connectivity index (χ4v) is 3.38. The van der Waals surface area contributed by atoms with Crippen LogP contribution in [0.5, 0.6) is 5.75 Å². The molecule has 1 aromatic rings. The summed E-state index contributed by atoms with van der Waals surface area (Å²) < 4.78 is 34.0. The number of carbonyl (C=O) groups excluding carboxylic acids is 1. The number of rotatable bonds is 8. The van der Waals surface area contributed by atoms with E-state index in [1.54, 1.807) is 19.2 Å². The highest BCUT2D eigenvalue weighted by molar-refractivity contribution is 7.92. The molecule has 1 atom stereocenters. The molecule has 0 aliphatic rings. The highest BCUT2D eigenvalue weighted by atomic mass is 32.2. The number of esters is 1. The molecule has 0 aliphatic carbocycles. The minimum atomic E-state index is -3.58. The van der Waals surface area contributed by atoms with Crippen molar-refractivity contribution in [3.8, 4) is 5.75 Å². The van der Waals surface area contributed by atoms with Crippen molar-refractivity contribution in [2.75, 3.05) is 32.3 Å². The second-order valence-corrected chi connectivity index (χ2v) is 6.55. The quantitative estimate of drug-likeness (QED) is 0.719. The molecule has 118 valence electrons. The highest BCUT2D eigenvalue weighted by Gasteiger charge is 2.24. The van der Waals surface area contributed by atoms with Gasteiger partial charge in [-0.2, -0.15) is 0 Å². The zero-order chi connectivity index (χ0) is 15.9. The van der Waals surface area contributed by atoms with Crippen LogP contribution in [0.25, 0.3) is 0 Å². The Kier molecular flexibility index (Phi) is 6.64. The molecule has 6 nitrogen and oxygen atoms in total. The first-order valence-corrected chi connectivity index (χ1v) is 8.41. The van der Waals surface area contributed by atoms with Crippen LogP contribution in [0.15, 0.2) is 24.3 Å². The summed E-state index contributed by atoms with van der Waals surface area (Å²) in [4.78, 5) is 11.2. The van der Waals surface area contributed by atoms with Gasteiger partial charge in [0, 0.05) is 11.6 Å². The summed E-state index contributed by atoms with van der Waals surface area (Å²) >= 11 is 0. The third-order valence-corrected chi connectivity index (χ3v) is 4.45. The third kappa shape index (κ3) is 5.35. The normalized spacial score (nSPS) is 12.7. The Balaban J connectivity index is 2.96. The second-order valence-electron chi connectivity index (χ2n) is 4.44. The van der Waals surface area contributed by atoms with Crippen LogP contribution in [0.3, 0.4) is 0 Å². The Morgan fingerprint density at radius 1 is 1.33 bits per heavy atom. The first kappa shape index (κ1) is 17.5. The molecule has 1 N–H and O–H groups in total. The van der Waals surface area contributed by atoms with E-state index < -0.39 is 27.6 Å². The van der Waals surface area contributed by atoms with Gasteiger partial charge in [0.15, 0.2) is 9.84 Å². The molecule has 1 unspecified atom stereocenters. The van der Waals surface area contributed by atoms with Crippen LogP contribution in [-0.2, 0) is 19.4 Å². The van der Waals surface area contributed by atoms with Gasteiger partial charge < -0.3 is 14.8 Å². The Hall–Kier alpha value is -1.60. The number of hydrogen-bond acceptors (Lipinski definition) is 6. The van der Waals surface area contributed by atoms with Crippen LogP contribution in [-0.4, -0.2) is 46.7 Å². The molecule has 1 rings (SSSR count). The van der Waals surface area contributed by atoms with Crippen molar-refractivity contribution < 1.29 is 22.7 Å². The molecule has 0 heterocycles. The Bertz CT molecular complexity index is 570. The summed E-state index contributed by atoms with van der Waals surface area (Å²) in [6, 6.07) is 6.78. The van der Waals surface area contributed by atoms with Gasteiger partial charge in [0.2, 0.25) is 0 Å².